The van der Waals surface area contributed by atoms with E-state index < -0.39 is 0 Å². The van der Waals surface area contributed by atoms with Crippen LogP contribution in [-0.4, -0.2) is 39.4 Å². The summed E-state index contributed by atoms with van der Waals surface area (Å²) in [5, 5.41) is 13.4. The van der Waals surface area contributed by atoms with Crippen LogP contribution in [0.3, 0.4) is 0 Å². The first-order valence-electron chi connectivity index (χ1n) is 8.58. The highest BCUT2D eigenvalue weighted by molar-refractivity contribution is 5.91. The minimum Gasteiger partial charge on any atom is -0.495 e. The highest BCUT2D eigenvalue weighted by Gasteiger charge is 2.12. The van der Waals surface area contributed by atoms with E-state index in [1.54, 1.807) is 38.4 Å². The van der Waals surface area contributed by atoms with E-state index in [0.29, 0.717) is 35.3 Å². The van der Waals surface area contributed by atoms with Gasteiger partial charge in [-0.2, -0.15) is 0 Å². The number of carbonyl (C=O) groups is 1. The van der Waals surface area contributed by atoms with Crippen LogP contribution in [-0.2, 0) is 6.54 Å². The Bertz CT molecular complexity index is 917. The van der Waals surface area contributed by atoms with Crippen LogP contribution in [0.5, 0.6) is 5.75 Å². The summed E-state index contributed by atoms with van der Waals surface area (Å²) in [6, 6.07) is 4.96. The summed E-state index contributed by atoms with van der Waals surface area (Å²) in [6.45, 7) is 5.00. The first-order valence-corrected chi connectivity index (χ1v) is 8.58. The molecule has 3 rings (SSSR count). The van der Waals surface area contributed by atoms with E-state index in [4.69, 9.17) is 9.15 Å². The number of amides is 2. The smallest absolute Gasteiger partial charge is 0.319 e. The zero-order chi connectivity index (χ0) is 19.2. The van der Waals surface area contributed by atoms with E-state index in [-0.39, 0.29) is 6.03 Å². The van der Waals surface area contributed by atoms with Crippen LogP contribution in [0.25, 0.3) is 11.5 Å². The van der Waals surface area contributed by atoms with E-state index >= 15 is 0 Å². The van der Waals surface area contributed by atoms with Crippen molar-refractivity contribution in [2.45, 2.75) is 26.8 Å². The van der Waals surface area contributed by atoms with Crippen LogP contribution < -0.4 is 15.4 Å². The number of ether oxygens (including phenoxy) is 1. The van der Waals surface area contributed by atoms with Gasteiger partial charge in [-0.05, 0) is 31.5 Å². The third-order valence-electron chi connectivity index (χ3n) is 4.01. The summed E-state index contributed by atoms with van der Waals surface area (Å²) >= 11 is 0. The number of hydrogen-bond acceptors (Lipinski definition) is 6. The van der Waals surface area contributed by atoms with Gasteiger partial charge in [-0.15, -0.1) is 10.2 Å². The molecule has 0 bridgehead atoms. The topological polar surface area (TPSA) is 107 Å². The summed E-state index contributed by atoms with van der Waals surface area (Å²) in [5.74, 6) is 2.35. The molecule has 2 N–H and O–H groups in total. The maximum atomic E-state index is 12.2. The lowest BCUT2D eigenvalue weighted by molar-refractivity contribution is 0.251. The Kier molecular flexibility index (Phi) is 5.70. The molecule has 2 amide bonds. The average molecular weight is 370 g/mol. The normalized spacial score (nSPS) is 10.6. The molecule has 0 atom stereocenters. The molecule has 0 radical (unpaired) electrons. The fourth-order valence-electron chi connectivity index (χ4n) is 2.61. The minimum absolute atomic E-state index is 0.311. The molecule has 27 heavy (non-hydrogen) atoms. The SMILES string of the molecule is COc1ccc(-c2nnc(C)o2)cc1NC(=O)NCCCn1ccnc1C. The van der Waals surface area contributed by atoms with Gasteiger partial charge >= 0.3 is 6.03 Å². The van der Waals surface area contributed by atoms with Gasteiger partial charge in [-0.3, -0.25) is 0 Å². The molecule has 0 unspecified atom stereocenters. The quantitative estimate of drug-likeness (QED) is 0.619. The van der Waals surface area contributed by atoms with E-state index in [0.717, 1.165) is 18.8 Å². The van der Waals surface area contributed by atoms with Gasteiger partial charge in [0.15, 0.2) is 0 Å². The lowest BCUT2D eigenvalue weighted by Gasteiger charge is -2.12. The van der Waals surface area contributed by atoms with Crippen molar-refractivity contribution in [3.8, 4) is 17.2 Å². The third kappa shape index (κ3) is 4.63. The van der Waals surface area contributed by atoms with Crippen molar-refractivity contribution in [3.05, 3.63) is 42.3 Å². The molecule has 1 aromatic carbocycles. The number of imidazole rings is 1. The summed E-state index contributed by atoms with van der Waals surface area (Å²) < 4.78 is 12.8. The number of aromatic nitrogens is 4. The van der Waals surface area contributed by atoms with Crippen LogP contribution in [0.4, 0.5) is 10.5 Å². The maximum absolute atomic E-state index is 12.2. The molecule has 9 nitrogen and oxygen atoms in total. The summed E-state index contributed by atoms with van der Waals surface area (Å²) in [5.41, 5.74) is 1.22. The first kappa shape index (κ1) is 18.4. The van der Waals surface area contributed by atoms with Crippen molar-refractivity contribution >= 4 is 11.7 Å². The number of carbonyl (C=O) groups excluding carboxylic acids is 1. The van der Waals surface area contributed by atoms with Crippen LogP contribution in [0.1, 0.15) is 18.1 Å². The molecule has 0 aliphatic rings. The Balaban J connectivity index is 1.58. The summed E-state index contributed by atoms with van der Waals surface area (Å²) in [7, 11) is 1.54. The lowest BCUT2D eigenvalue weighted by atomic mass is 10.2. The van der Waals surface area contributed by atoms with Gasteiger partial charge in [0, 0.05) is 38.0 Å². The van der Waals surface area contributed by atoms with Gasteiger partial charge in [0.2, 0.25) is 11.8 Å². The van der Waals surface area contributed by atoms with E-state index in [2.05, 4.69) is 25.8 Å². The predicted molar refractivity (Wildman–Crippen MR) is 99.6 cm³/mol. The predicted octanol–water partition coefficient (Wildman–Crippen LogP) is 2.77. The number of nitrogens with zero attached hydrogens (tertiary/aromatic N) is 4. The Morgan fingerprint density at radius 3 is 2.81 bits per heavy atom. The third-order valence-corrected chi connectivity index (χ3v) is 4.01. The van der Waals surface area contributed by atoms with Gasteiger partial charge in [-0.25, -0.2) is 9.78 Å². The van der Waals surface area contributed by atoms with E-state index in [9.17, 15) is 4.79 Å². The highest BCUT2D eigenvalue weighted by atomic mass is 16.5. The van der Waals surface area contributed by atoms with Crippen molar-refractivity contribution in [2.75, 3.05) is 19.0 Å². The van der Waals surface area contributed by atoms with Crippen LogP contribution in [0, 0.1) is 13.8 Å². The van der Waals surface area contributed by atoms with Gasteiger partial charge in [-0.1, -0.05) is 0 Å². The number of methoxy groups -OCH3 is 1. The van der Waals surface area contributed by atoms with Crippen LogP contribution in [0.2, 0.25) is 0 Å². The molecule has 0 spiro atoms. The van der Waals surface area contributed by atoms with Gasteiger partial charge in [0.25, 0.3) is 0 Å². The Hall–Kier alpha value is -3.36. The fraction of sp³-hybridized carbons (Fsp3) is 0.333. The average Bonchev–Trinajstić information content (AvgIpc) is 3.27. The molecule has 0 saturated carbocycles. The number of rotatable bonds is 7. The molecule has 142 valence electrons. The van der Waals surface area contributed by atoms with Crippen molar-refractivity contribution < 1.29 is 13.9 Å². The molecule has 0 aliphatic heterocycles. The number of hydrogen-bond donors (Lipinski definition) is 2. The Morgan fingerprint density at radius 2 is 2.15 bits per heavy atom. The Morgan fingerprint density at radius 1 is 1.30 bits per heavy atom. The molecule has 0 saturated heterocycles. The number of anilines is 1. The van der Waals surface area contributed by atoms with Crippen molar-refractivity contribution in [2.24, 2.45) is 0 Å². The second kappa shape index (κ2) is 8.35. The van der Waals surface area contributed by atoms with Gasteiger partial charge in [0.1, 0.15) is 11.6 Å². The second-order valence-corrected chi connectivity index (χ2v) is 5.94. The molecule has 2 aromatic heterocycles. The molecule has 9 heteroatoms. The highest BCUT2D eigenvalue weighted by Crippen LogP contribution is 2.30. The van der Waals surface area contributed by atoms with E-state index in [1.807, 2.05) is 17.7 Å². The van der Waals surface area contributed by atoms with Crippen LogP contribution >= 0.6 is 0 Å². The van der Waals surface area contributed by atoms with Crippen LogP contribution in [0.15, 0.2) is 35.0 Å². The fourth-order valence-corrected chi connectivity index (χ4v) is 2.61. The lowest BCUT2D eigenvalue weighted by Crippen LogP contribution is -2.30. The monoisotopic (exact) mass is 370 g/mol. The zero-order valence-electron chi connectivity index (χ0n) is 15.5. The minimum atomic E-state index is -0.311. The zero-order valence-corrected chi connectivity index (χ0v) is 15.5. The molecule has 0 aliphatic carbocycles. The standard InChI is InChI=1S/C18H22N6O3/c1-12-19-8-10-24(12)9-4-7-20-18(25)21-15-11-14(5-6-16(15)26-3)17-23-22-13(2)27-17/h5-6,8,10-11H,4,7,9H2,1-3H3,(H2,20,21,25). The molecular weight excluding hydrogens is 348 g/mol. The maximum Gasteiger partial charge on any atom is 0.319 e. The van der Waals surface area contributed by atoms with Crippen molar-refractivity contribution in [1.82, 2.24) is 25.1 Å². The first-order chi connectivity index (χ1) is 13.1. The summed E-state index contributed by atoms with van der Waals surface area (Å²) in [4.78, 5) is 16.4. The molecule has 3 aromatic rings. The number of benzene rings is 1. The molecular formula is C18H22N6O3. The Labute approximate surface area is 156 Å². The number of nitrogens with one attached hydrogen (secondary N) is 2. The second-order valence-electron chi connectivity index (χ2n) is 5.94. The van der Waals surface area contributed by atoms with E-state index in [1.165, 1.54) is 0 Å². The van der Waals surface area contributed by atoms with Gasteiger partial charge < -0.3 is 24.4 Å². The number of urea groups is 1. The van der Waals surface area contributed by atoms with Crippen molar-refractivity contribution in [3.63, 3.8) is 0 Å². The summed E-state index contributed by atoms with van der Waals surface area (Å²) in [6.07, 6.45) is 4.48. The molecule has 0 fully saturated rings. The van der Waals surface area contributed by atoms with Crippen molar-refractivity contribution in [1.29, 1.82) is 0 Å². The number of aryl methyl sites for hydroxylation is 3. The molecule has 2 heterocycles. The van der Waals surface area contributed by atoms with Gasteiger partial charge in [0.05, 0.1) is 12.8 Å². The largest absolute Gasteiger partial charge is 0.495 e.